The number of aryl methyl sites for hydroxylation is 1. The zero-order valence-corrected chi connectivity index (χ0v) is 65.1. The zero-order chi connectivity index (χ0) is 87.3. The summed E-state index contributed by atoms with van der Waals surface area (Å²) < 4.78 is 11.3. The summed E-state index contributed by atoms with van der Waals surface area (Å²) in [5.74, 6) is -19.1. The van der Waals surface area contributed by atoms with Crippen molar-refractivity contribution >= 4 is 107 Å². The van der Waals surface area contributed by atoms with Gasteiger partial charge < -0.3 is 147 Å². The molecule has 0 bridgehead atoms. The van der Waals surface area contributed by atoms with Crippen molar-refractivity contribution in [3.8, 4) is 0 Å². The van der Waals surface area contributed by atoms with Crippen LogP contribution < -0.4 is 92.1 Å². The van der Waals surface area contributed by atoms with E-state index in [9.17, 15) is 127 Å². The number of benzene rings is 1. The average Bonchev–Trinajstić information content (AvgIpc) is 1.45. The van der Waals surface area contributed by atoms with Crippen LogP contribution in [0.25, 0.3) is 0 Å². The van der Waals surface area contributed by atoms with Crippen molar-refractivity contribution < 1.29 is 137 Å². The van der Waals surface area contributed by atoms with E-state index >= 15 is 0 Å². The molecule has 2 saturated heterocycles. The van der Waals surface area contributed by atoms with Gasteiger partial charge in [-0.05, 0) is 109 Å². The van der Waals surface area contributed by atoms with Gasteiger partial charge in [0.15, 0.2) is 12.3 Å². The predicted octanol–water partition coefficient (Wildman–Crippen LogP) is -11.4. The number of nitrogens with one attached hydrogen (secondary N) is 13. The average molecular weight is 1670 g/mol. The van der Waals surface area contributed by atoms with Gasteiger partial charge in [0.05, 0.1) is 51.5 Å². The summed E-state index contributed by atoms with van der Waals surface area (Å²) in [6.07, 6.45) is -13.7. The number of primary amides is 1. The fourth-order valence-corrected chi connectivity index (χ4v) is 12.3. The highest BCUT2D eigenvalue weighted by atomic mass is 16.7. The number of aliphatic carboxylic acids is 3. The molecular formula is C71H112N18O28. The lowest BCUT2D eigenvalue weighted by atomic mass is 9.99. The summed E-state index contributed by atoms with van der Waals surface area (Å²) in [5, 5.41) is 110. The van der Waals surface area contributed by atoms with Crippen LogP contribution in [0.15, 0.2) is 24.3 Å². The van der Waals surface area contributed by atoms with E-state index in [-0.39, 0.29) is 57.5 Å². The van der Waals surface area contributed by atoms with E-state index in [0.717, 1.165) is 30.2 Å². The number of aliphatic hydroxyl groups is 5. The molecule has 1 aromatic rings. The standard InChI is InChI=1S/C71H112N18O28/c1-34-8-6-9-38(24-34)26-46(84-53(96)29-76-61(105)35(2)80-67(111)45(25-37-12-13-37)83-50(93)28-74)68(112)86-41(15-14-39(27-73)116-71-60(104)59(103)58(102)48(33-90)117-71)63(107)78-31-51(94)81-43(17-20-55(98)99)65(109)85-42(16-19-49(75)92)64(108)79-32-54(97)89-23-7-11-47(89)69(113)87-40(10-4-5-22-72)62(106)77-30-52(95)82-44(18-21-56(100)101)66(110)88-57(36(3)91)70(114)115/h6,8-9,24,35-37,39-48,57-60,71,90-91,102-104H,4-5,7,10-23,25-33,72-74H2,1-3H3,(H2,75,92)(H,76,105)(H,77,106)(H,78,107)(H,79,108)(H,80,111)(H,81,94)(H,82,95)(H,83,93)(H,84,96)(H,85,109)(H,86,112)(H,87,113)(H,88,110)(H,98,99)(H,100,101)(H,114,115)/t35-,36+,39+,40-,41-,42-,43-,44-,45-,46-,47-,48+,57-,58-,59-,60+,71+/m0/s1. The van der Waals surface area contributed by atoms with Gasteiger partial charge in [0.1, 0.15) is 78.8 Å². The second-order valence-corrected chi connectivity index (χ2v) is 28.6. The number of carbonyl (C=O) groups excluding carboxylic acids is 15. The van der Waals surface area contributed by atoms with Crippen molar-refractivity contribution in [1.29, 1.82) is 0 Å². The molecule has 0 unspecified atom stereocenters. The van der Waals surface area contributed by atoms with Crippen molar-refractivity contribution in [2.24, 2.45) is 28.9 Å². The number of nitrogens with zero attached hydrogens (tertiary/aromatic N) is 1. The van der Waals surface area contributed by atoms with Crippen LogP contribution in [0.1, 0.15) is 128 Å². The number of carboxylic acid groups (broad SMARTS) is 3. The van der Waals surface area contributed by atoms with E-state index in [4.69, 9.17) is 32.4 Å². The maximum absolute atomic E-state index is 14.6. The van der Waals surface area contributed by atoms with Crippen LogP contribution >= 0.6 is 0 Å². The molecule has 3 fully saturated rings. The lowest BCUT2D eigenvalue weighted by Crippen LogP contribution is -2.60. The largest absolute Gasteiger partial charge is 0.481 e. The minimum atomic E-state index is -1.91. The minimum absolute atomic E-state index is 0.0306. The summed E-state index contributed by atoms with van der Waals surface area (Å²) in [6.45, 7) is -0.962. The van der Waals surface area contributed by atoms with Gasteiger partial charge in [-0.15, -0.1) is 0 Å². The Morgan fingerprint density at radius 3 is 1.56 bits per heavy atom. The molecule has 3 aliphatic rings. The molecule has 15 amide bonds. The maximum Gasteiger partial charge on any atom is 0.328 e. The summed E-state index contributed by atoms with van der Waals surface area (Å²) in [5.41, 5.74) is 23.8. The van der Waals surface area contributed by atoms with Gasteiger partial charge in [-0.25, -0.2) is 4.79 Å². The van der Waals surface area contributed by atoms with E-state index in [1.54, 1.807) is 31.2 Å². The van der Waals surface area contributed by atoms with Crippen molar-refractivity contribution in [3.63, 3.8) is 0 Å². The van der Waals surface area contributed by atoms with E-state index in [1.807, 2.05) is 5.32 Å². The first-order valence-corrected chi connectivity index (χ1v) is 38.1. The van der Waals surface area contributed by atoms with Crippen molar-refractivity contribution in [2.45, 2.75) is 233 Å². The number of rotatable bonds is 53. The number of carbonyl (C=O) groups is 18. The Morgan fingerprint density at radius 1 is 0.547 bits per heavy atom. The smallest absolute Gasteiger partial charge is 0.328 e. The molecule has 4 rings (SSSR count). The molecule has 29 N–H and O–H groups in total. The van der Waals surface area contributed by atoms with Gasteiger partial charge in [-0.3, -0.25) is 81.5 Å². The van der Waals surface area contributed by atoms with Gasteiger partial charge in [-0.1, -0.05) is 42.7 Å². The summed E-state index contributed by atoms with van der Waals surface area (Å²) in [4.78, 5) is 239. The maximum atomic E-state index is 14.6. The van der Waals surface area contributed by atoms with Crippen LogP contribution in [0, 0.1) is 12.8 Å². The van der Waals surface area contributed by atoms with E-state index in [1.165, 1.54) is 6.92 Å². The normalized spacial score (nSPS) is 19.8. The number of likely N-dealkylation sites (tertiary alicyclic amines) is 1. The Morgan fingerprint density at radius 2 is 1.05 bits per heavy atom. The van der Waals surface area contributed by atoms with Gasteiger partial charge in [0.2, 0.25) is 88.6 Å². The second kappa shape index (κ2) is 50.0. The SMILES string of the molecule is Cc1cccc(C[C@H](NC(=O)CNC(=O)[C@H](C)NC(=O)[C@H](CC2CC2)NC(=O)CN)C(=O)N[C@@H](CC[C@H](CN)O[C@@H]2O[C@H](CO)[C@H](O)[C@H](O)[C@H]2O)C(=O)NCC(=O)N[C@@H](CCC(=O)O)C(=O)N[C@@H](CCC(N)=O)C(=O)NCC(=O)N2CCC[C@H]2C(=O)N[C@@H](CCCCN)C(=O)NCC(=O)N[C@@H](CCC(=O)O)C(=O)N[C@H](C(=O)O)[C@@H](C)O)c1. The summed E-state index contributed by atoms with van der Waals surface area (Å²) in [6, 6.07) is -8.64. The van der Waals surface area contributed by atoms with E-state index < -0.39 is 301 Å². The molecule has 654 valence electrons. The van der Waals surface area contributed by atoms with Crippen molar-refractivity contribution in [2.75, 3.05) is 59.0 Å². The highest BCUT2D eigenvalue weighted by molar-refractivity contribution is 5.99. The minimum Gasteiger partial charge on any atom is -0.481 e. The zero-order valence-electron chi connectivity index (χ0n) is 65.1. The third kappa shape index (κ3) is 34.9. The topological polar surface area (TPSA) is 751 Å². The Balaban J connectivity index is 1.51. The molecule has 1 saturated carbocycles. The number of carboxylic acids is 3. The van der Waals surface area contributed by atoms with Crippen LogP contribution in [0.2, 0.25) is 0 Å². The number of ether oxygens (including phenoxy) is 2. The molecule has 117 heavy (non-hydrogen) atoms. The van der Waals surface area contributed by atoms with Crippen LogP contribution in [-0.4, -0.2) is 315 Å². The first-order chi connectivity index (χ1) is 55.3. The van der Waals surface area contributed by atoms with Crippen LogP contribution in [0.5, 0.6) is 0 Å². The first-order valence-electron chi connectivity index (χ1n) is 38.1. The third-order valence-electron chi connectivity index (χ3n) is 19.0. The molecule has 46 nitrogen and oxygen atoms in total. The number of hydrogen-bond acceptors (Lipinski definition) is 28. The molecule has 0 spiro atoms. The number of amides is 15. The number of unbranched alkanes of at least 4 members (excludes halogenated alkanes) is 1. The molecule has 0 aromatic heterocycles. The highest BCUT2D eigenvalue weighted by Crippen LogP contribution is 2.33. The quantitative estimate of drug-likeness (QED) is 0.0269. The van der Waals surface area contributed by atoms with Crippen molar-refractivity contribution in [3.05, 3.63) is 35.4 Å². The molecule has 2 heterocycles. The fourth-order valence-electron chi connectivity index (χ4n) is 12.3. The summed E-state index contributed by atoms with van der Waals surface area (Å²) in [7, 11) is 0. The number of hydrogen-bond donors (Lipinski definition) is 25. The molecule has 17 atom stereocenters. The highest BCUT2D eigenvalue weighted by Gasteiger charge is 2.46. The van der Waals surface area contributed by atoms with Gasteiger partial charge >= 0.3 is 17.9 Å². The van der Waals surface area contributed by atoms with Crippen LogP contribution in [-0.2, 0) is 102 Å². The van der Waals surface area contributed by atoms with Gasteiger partial charge in [-0.2, -0.15) is 0 Å². The Bertz CT molecular complexity index is 3630. The number of nitrogens with two attached hydrogens (primary N) is 4. The van der Waals surface area contributed by atoms with Gasteiger partial charge in [0, 0.05) is 38.8 Å². The Labute approximate surface area is 671 Å². The first kappa shape index (κ1) is 98.6. The molecule has 0 radical (unpaired) electrons. The molecule has 46 heteroatoms. The lowest BCUT2D eigenvalue weighted by Gasteiger charge is -2.40. The molecule has 1 aromatic carbocycles. The lowest BCUT2D eigenvalue weighted by molar-refractivity contribution is -0.310. The fraction of sp³-hybridized carbons (Fsp3) is 0.662. The number of aliphatic hydroxyl groups excluding tert-OH is 5. The molecular weight excluding hydrogens is 1550 g/mol. The Hall–Kier alpha value is -10.7. The summed E-state index contributed by atoms with van der Waals surface area (Å²) >= 11 is 0. The van der Waals surface area contributed by atoms with E-state index in [2.05, 4.69) is 63.8 Å². The van der Waals surface area contributed by atoms with Crippen molar-refractivity contribution in [1.82, 2.24) is 74.0 Å². The molecule has 2 aliphatic heterocycles. The Kier molecular flexibility index (Phi) is 42.2. The monoisotopic (exact) mass is 1660 g/mol. The predicted molar refractivity (Wildman–Crippen MR) is 402 cm³/mol. The van der Waals surface area contributed by atoms with Gasteiger partial charge in [0.25, 0.3) is 0 Å². The van der Waals surface area contributed by atoms with Crippen LogP contribution in [0.4, 0.5) is 0 Å². The van der Waals surface area contributed by atoms with E-state index in [0.29, 0.717) is 18.4 Å². The van der Waals surface area contributed by atoms with Crippen LogP contribution in [0.3, 0.4) is 0 Å². The third-order valence-corrected chi connectivity index (χ3v) is 19.0. The second-order valence-electron chi connectivity index (χ2n) is 28.6. The molecule has 1 aliphatic carbocycles.